The second kappa shape index (κ2) is 6.19. The number of halogens is 1. The van der Waals surface area contributed by atoms with Gasteiger partial charge in [-0.05, 0) is 6.07 Å². The van der Waals surface area contributed by atoms with E-state index in [2.05, 4.69) is 9.72 Å². The molecule has 0 aromatic carbocycles. The minimum absolute atomic E-state index is 0.00225. The minimum Gasteiger partial charge on any atom is -0.465 e. The Balaban J connectivity index is 2.36. The molecule has 22 heavy (non-hydrogen) atoms. The number of carbonyl (C=O) groups excluding carboxylic acids is 2. The molecule has 2 N–H and O–H groups in total. The lowest BCUT2D eigenvalue weighted by Gasteiger charge is -2.20. The zero-order valence-electron chi connectivity index (χ0n) is 11.7. The van der Waals surface area contributed by atoms with Crippen LogP contribution in [0.4, 0.5) is 5.69 Å². The van der Waals surface area contributed by atoms with Crippen molar-refractivity contribution >= 4 is 39.2 Å². The number of nitrogens with two attached hydrogens (primary N) is 1. The SMILES string of the molecule is COC(=O)c1ccnc(Cl)c1N1CC(CS(N)(=O)=O)CC1=O. The molecule has 1 aliphatic rings. The fraction of sp³-hybridized carbons (Fsp3) is 0.417. The molecule has 0 radical (unpaired) electrons. The highest BCUT2D eigenvalue weighted by Crippen LogP contribution is 2.33. The third-order valence-electron chi connectivity index (χ3n) is 3.23. The number of amides is 1. The molecule has 8 nitrogen and oxygen atoms in total. The molecule has 120 valence electrons. The largest absolute Gasteiger partial charge is 0.465 e. The van der Waals surface area contributed by atoms with E-state index in [-0.39, 0.29) is 41.0 Å². The second-order valence-electron chi connectivity index (χ2n) is 4.89. The monoisotopic (exact) mass is 347 g/mol. The van der Waals surface area contributed by atoms with Gasteiger partial charge in [0.15, 0.2) is 5.15 Å². The summed E-state index contributed by atoms with van der Waals surface area (Å²) in [5.74, 6) is -1.80. The predicted octanol–water partition coefficient (Wildman–Crippen LogP) is 0.163. The molecule has 1 unspecified atom stereocenters. The second-order valence-corrected chi connectivity index (χ2v) is 6.91. The van der Waals surface area contributed by atoms with Gasteiger partial charge in [-0.2, -0.15) is 0 Å². The summed E-state index contributed by atoms with van der Waals surface area (Å²) in [5, 5.41) is 4.97. The highest BCUT2D eigenvalue weighted by atomic mass is 35.5. The van der Waals surface area contributed by atoms with Gasteiger partial charge < -0.3 is 9.64 Å². The Labute approximate surface area is 132 Å². The number of methoxy groups -OCH3 is 1. The van der Waals surface area contributed by atoms with E-state index >= 15 is 0 Å². The van der Waals surface area contributed by atoms with E-state index in [0.29, 0.717) is 0 Å². The molecule has 0 aliphatic carbocycles. The number of esters is 1. The van der Waals surface area contributed by atoms with Crippen LogP contribution >= 0.6 is 11.6 Å². The third kappa shape index (κ3) is 3.54. The number of rotatable bonds is 4. The standard InChI is InChI=1S/C12H14ClN3O5S/c1-21-12(18)8-2-3-15-11(13)10(8)16-5-7(4-9(16)17)6-22(14,19)20/h2-3,7H,4-6H2,1H3,(H2,14,19,20). The van der Waals surface area contributed by atoms with Crippen molar-refractivity contribution in [2.24, 2.45) is 11.1 Å². The van der Waals surface area contributed by atoms with Gasteiger partial charge in [-0.25, -0.2) is 23.3 Å². The molecule has 10 heteroatoms. The van der Waals surface area contributed by atoms with Crippen LogP contribution in [0.1, 0.15) is 16.8 Å². The number of nitrogens with zero attached hydrogens (tertiary/aromatic N) is 2. The van der Waals surface area contributed by atoms with Crippen molar-refractivity contribution in [1.82, 2.24) is 4.98 Å². The number of ether oxygens (including phenoxy) is 1. The van der Waals surface area contributed by atoms with Gasteiger partial charge in [0.25, 0.3) is 0 Å². The molecule has 1 fully saturated rings. The number of hydrogen-bond donors (Lipinski definition) is 1. The molecule has 1 aromatic heterocycles. The van der Waals surface area contributed by atoms with Crippen molar-refractivity contribution in [3.63, 3.8) is 0 Å². The maximum absolute atomic E-state index is 12.1. The van der Waals surface area contributed by atoms with Crippen LogP contribution in [0.5, 0.6) is 0 Å². The molecular weight excluding hydrogens is 334 g/mol. The highest BCUT2D eigenvalue weighted by molar-refractivity contribution is 7.89. The Kier molecular flexibility index (Phi) is 4.69. The Morgan fingerprint density at radius 2 is 2.27 bits per heavy atom. The maximum Gasteiger partial charge on any atom is 0.340 e. The molecule has 1 aromatic rings. The van der Waals surface area contributed by atoms with Gasteiger partial charge in [-0.1, -0.05) is 11.6 Å². The summed E-state index contributed by atoms with van der Waals surface area (Å²) in [6.45, 7) is 0.0880. The fourth-order valence-electron chi connectivity index (χ4n) is 2.40. The summed E-state index contributed by atoms with van der Waals surface area (Å²) in [6.07, 6.45) is 1.32. The van der Waals surface area contributed by atoms with Crippen LogP contribution in [0.25, 0.3) is 0 Å². The number of primary sulfonamides is 1. The Bertz CT molecular complexity index is 721. The van der Waals surface area contributed by atoms with Gasteiger partial charge in [0.05, 0.1) is 24.1 Å². The number of sulfonamides is 1. The zero-order valence-corrected chi connectivity index (χ0v) is 13.2. The number of carbonyl (C=O) groups is 2. The lowest BCUT2D eigenvalue weighted by atomic mass is 10.1. The Hall–Kier alpha value is -1.71. The van der Waals surface area contributed by atoms with Gasteiger partial charge in [-0.15, -0.1) is 0 Å². The average molecular weight is 348 g/mol. The Morgan fingerprint density at radius 1 is 1.59 bits per heavy atom. The van der Waals surface area contributed by atoms with E-state index in [1.165, 1.54) is 24.3 Å². The van der Waals surface area contributed by atoms with E-state index in [9.17, 15) is 18.0 Å². The summed E-state index contributed by atoms with van der Waals surface area (Å²) in [7, 11) is -2.49. The molecule has 1 aliphatic heterocycles. The first-order valence-electron chi connectivity index (χ1n) is 6.26. The van der Waals surface area contributed by atoms with Gasteiger partial charge in [-0.3, -0.25) is 4.79 Å². The topological polar surface area (TPSA) is 120 Å². The molecule has 1 saturated heterocycles. The molecule has 0 saturated carbocycles. The van der Waals surface area contributed by atoms with Gasteiger partial charge in [0.1, 0.15) is 0 Å². The lowest BCUT2D eigenvalue weighted by molar-refractivity contribution is -0.117. The fourth-order valence-corrected chi connectivity index (χ4v) is 3.54. The summed E-state index contributed by atoms with van der Waals surface area (Å²) in [5.41, 5.74) is 0.213. The number of pyridine rings is 1. The van der Waals surface area contributed by atoms with Crippen LogP contribution in [0, 0.1) is 5.92 Å². The van der Waals surface area contributed by atoms with Crippen LogP contribution in [-0.2, 0) is 19.6 Å². The van der Waals surface area contributed by atoms with Gasteiger partial charge in [0.2, 0.25) is 15.9 Å². The zero-order chi connectivity index (χ0) is 16.5. The highest BCUT2D eigenvalue weighted by Gasteiger charge is 2.36. The summed E-state index contributed by atoms with van der Waals surface area (Å²) in [4.78, 5) is 29.0. The molecule has 1 atom stereocenters. The number of anilines is 1. The summed E-state index contributed by atoms with van der Waals surface area (Å²) >= 11 is 6.00. The van der Waals surface area contributed by atoms with Crippen molar-refractivity contribution in [2.75, 3.05) is 24.3 Å². The van der Waals surface area contributed by atoms with Crippen molar-refractivity contribution in [3.8, 4) is 0 Å². The molecular formula is C12H14ClN3O5S. The van der Waals surface area contributed by atoms with Crippen molar-refractivity contribution in [2.45, 2.75) is 6.42 Å². The average Bonchev–Trinajstić information content (AvgIpc) is 2.75. The number of aromatic nitrogens is 1. The number of hydrogen-bond acceptors (Lipinski definition) is 6. The van der Waals surface area contributed by atoms with Gasteiger partial charge in [0, 0.05) is 25.1 Å². The first kappa shape index (κ1) is 16.7. The van der Waals surface area contributed by atoms with Crippen molar-refractivity contribution in [3.05, 3.63) is 23.0 Å². The molecule has 0 bridgehead atoms. The first-order valence-corrected chi connectivity index (χ1v) is 8.36. The smallest absolute Gasteiger partial charge is 0.340 e. The Morgan fingerprint density at radius 3 is 2.86 bits per heavy atom. The van der Waals surface area contributed by atoms with Crippen LogP contribution in [0.15, 0.2) is 12.3 Å². The van der Waals surface area contributed by atoms with Crippen LogP contribution < -0.4 is 10.0 Å². The maximum atomic E-state index is 12.1. The lowest BCUT2D eigenvalue weighted by Crippen LogP contribution is -2.29. The van der Waals surface area contributed by atoms with Crippen LogP contribution in [0.3, 0.4) is 0 Å². The molecule has 2 rings (SSSR count). The van der Waals surface area contributed by atoms with Crippen LogP contribution in [-0.4, -0.2) is 44.7 Å². The van der Waals surface area contributed by atoms with E-state index in [1.807, 2.05) is 0 Å². The van der Waals surface area contributed by atoms with Crippen molar-refractivity contribution < 1.29 is 22.7 Å². The van der Waals surface area contributed by atoms with Gasteiger partial charge >= 0.3 is 5.97 Å². The van der Waals surface area contributed by atoms with E-state index in [1.54, 1.807) is 0 Å². The molecule has 1 amide bonds. The normalized spacial score (nSPS) is 18.6. The minimum atomic E-state index is -3.70. The van der Waals surface area contributed by atoms with E-state index < -0.39 is 21.9 Å². The van der Waals surface area contributed by atoms with Crippen molar-refractivity contribution in [1.29, 1.82) is 0 Å². The molecule has 0 spiro atoms. The quantitative estimate of drug-likeness (QED) is 0.612. The predicted molar refractivity (Wildman–Crippen MR) is 79.0 cm³/mol. The third-order valence-corrected chi connectivity index (χ3v) is 4.44. The van der Waals surface area contributed by atoms with E-state index in [4.69, 9.17) is 16.7 Å². The summed E-state index contributed by atoms with van der Waals surface area (Å²) in [6, 6.07) is 1.38. The van der Waals surface area contributed by atoms with Crippen LogP contribution in [0.2, 0.25) is 5.15 Å². The molecule has 2 heterocycles. The van der Waals surface area contributed by atoms with E-state index in [0.717, 1.165) is 0 Å². The first-order chi connectivity index (χ1) is 10.2. The summed E-state index contributed by atoms with van der Waals surface area (Å²) < 4.78 is 27.0.